The van der Waals surface area contributed by atoms with E-state index in [9.17, 15) is 0 Å². The predicted octanol–water partition coefficient (Wildman–Crippen LogP) is 2.45. The maximum Gasteiger partial charge on any atom is 0.123 e. The Morgan fingerprint density at radius 3 is 3.00 bits per heavy atom. The zero-order chi connectivity index (χ0) is 13.0. The number of methoxy groups -OCH3 is 1. The summed E-state index contributed by atoms with van der Waals surface area (Å²) < 4.78 is 7.19. The molecule has 0 aliphatic carbocycles. The first kappa shape index (κ1) is 13.3. The van der Waals surface area contributed by atoms with Crippen molar-refractivity contribution in [3.8, 4) is 0 Å². The minimum absolute atomic E-state index is 0.707. The number of nitrogens with one attached hydrogen (secondary N) is 1. The Labute approximate surface area is 112 Å². The summed E-state index contributed by atoms with van der Waals surface area (Å²) in [5.41, 5.74) is 2.08. The van der Waals surface area contributed by atoms with Gasteiger partial charge in [0.25, 0.3) is 0 Å². The van der Waals surface area contributed by atoms with Gasteiger partial charge in [0.15, 0.2) is 0 Å². The van der Waals surface area contributed by atoms with Gasteiger partial charge in [0.05, 0.1) is 24.2 Å². The summed E-state index contributed by atoms with van der Waals surface area (Å²) in [4.78, 5) is 4.62. The number of halogens is 1. The zero-order valence-electron chi connectivity index (χ0n) is 10.7. The second-order valence-electron chi connectivity index (χ2n) is 4.07. The van der Waals surface area contributed by atoms with E-state index in [1.54, 1.807) is 7.11 Å². The molecule has 98 valence electrons. The lowest BCUT2D eigenvalue weighted by atomic mass is 10.3. The average Bonchev–Trinajstić information content (AvgIpc) is 2.71. The number of aromatic nitrogens is 2. The molecule has 0 bridgehead atoms. The van der Waals surface area contributed by atoms with Gasteiger partial charge in [0.1, 0.15) is 5.82 Å². The Morgan fingerprint density at radius 1 is 1.44 bits per heavy atom. The van der Waals surface area contributed by atoms with Gasteiger partial charge in [0, 0.05) is 25.2 Å². The lowest BCUT2D eigenvalue weighted by Gasteiger charge is -2.07. The van der Waals surface area contributed by atoms with Crippen molar-refractivity contribution in [2.45, 2.75) is 20.0 Å². The van der Waals surface area contributed by atoms with Crippen LogP contribution in [0.3, 0.4) is 0 Å². The first-order chi connectivity index (χ1) is 8.76. The highest BCUT2D eigenvalue weighted by molar-refractivity contribution is 6.31. The standard InChI is InChI=1S/C13H18ClN3O/c1-3-17-12-8-10(14)4-5-11(12)16-13(17)9-15-6-7-18-2/h4-5,8,15H,3,6-7,9H2,1-2H3. The Hall–Kier alpha value is -1.10. The molecule has 0 radical (unpaired) electrons. The molecule has 0 aliphatic heterocycles. The number of fused-ring (bicyclic) bond motifs is 1. The highest BCUT2D eigenvalue weighted by atomic mass is 35.5. The van der Waals surface area contributed by atoms with Gasteiger partial charge in [-0.15, -0.1) is 0 Å². The minimum Gasteiger partial charge on any atom is -0.383 e. The number of benzene rings is 1. The van der Waals surface area contributed by atoms with Crippen molar-refractivity contribution in [3.05, 3.63) is 29.0 Å². The van der Waals surface area contributed by atoms with Crippen molar-refractivity contribution in [3.63, 3.8) is 0 Å². The predicted molar refractivity (Wildman–Crippen MR) is 74.0 cm³/mol. The molecule has 1 N–H and O–H groups in total. The van der Waals surface area contributed by atoms with Gasteiger partial charge in [-0.2, -0.15) is 0 Å². The second kappa shape index (κ2) is 6.18. The Kier molecular flexibility index (Phi) is 4.58. The van der Waals surface area contributed by atoms with Gasteiger partial charge in [-0.1, -0.05) is 11.6 Å². The number of aryl methyl sites for hydroxylation is 1. The molecular weight excluding hydrogens is 250 g/mol. The molecule has 18 heavy (non-hydrogen) atoms. The smallest absolute Gasteiger partial charge is 0.123 e. The van der Waals surface area contributed by atoms with Gasteiger partial charge < -0.3 is 14.6 Å². The SMILES string of the molecule is CCn1c(CNCCOC)nc2ccc(Cl)cc21. The van der Waals surface area contributed by atoms with Crippen LogP contribution in [0.5, 0.6) is 0 Å². The summed E-state index contributed by atoms with van der Waals surface area (Å²) in [6.07, 6.45) is 0. The fourth-order valence-corrected chi connectivity index (χ4v) is 2.17. The Bertz CT molecular complexity index is 524. The Morgan fingerprint density at radius 2 is 2.28 bits per heavy atom. The highest BCUT2D eigenvalue weighted by Gasteiger charge is 2.09. The van der Waals surface area contributed by atoms with E-state index in [1.165, 1.54) is 0 Å². The van der Waals surface area contributed by atoms with E-state index in [1.807, 2.05) is 18.2 Å². The van der Waals surface area contributed by atoms with E-state index in [2.05, 4.69) is 21.8 Å². The van der Waals surface area contributed by atoms with Crippen molar-refractivity contribution < 1.29 is 4.74 Å². The van der Waals surface area contributed by atoms with Crippen molar-refractivity contribution in [2.24, 2.45) is 0 Å². The maximum absolute atomic E-state index is 6.03. The van der Waals surface area contributed by atoms with Crippen molar-refractivity contribution in [2.75, 3.05) is 20.3 Å². The van der Waals surface area contributed by atoms with Crippen LogP contribution in [0.15, 0.2) is 18.2 Å². The monoisotopic (exact) mass is 267 g/mol. The minimum atomic E-state index is 0.707. The number of hydrogen-bond donors (Lipinski definition) is 1. The lowest BCUT2D eigenvalue weighted by molar-refractivity contribution is 0.199. The molecule has 0 atom stereocenters. The Balaban J connectivity index is 2.21. The largest absolute Gasteiger partial charge is 0.383 e. The highest BCUT2D eigenvalue weighted by Crippen LogP contribution is 2.20. The van der Waals surface area contributed by atoms with Gasteiger partial charge in [-0.05, 0) is 25.1 Å². The molecule has 0 aliphatic rings. The van der Waals surface area contributed by atoms with Gasteiger partial charge in [-0.25, -0.2) is 4.98 Å². The van der Waals surface area contributed by atoms with E-state index in [0.29, 0.717) is 6.61 Å². The number of imidazole rings is 1. The van der Waals surface area contributed by atoms with Crippen LogP contribution in [0.2, 0.25) is 5.02 Å². The summed E-state index contributed by atoms with van der Waals surface area (Å²) in [6.45, 7) is 5.27. The van der Waals surface area contributed by atoms with Crippen molar-refractivity contribution >= 4 is 22.6 Å². The molecule has 2 aromatic rings. The summed E-state index contributed by atoms with van der Waals surface area (Å²) in [6, 6.07) is 5.80. The van der Waals surface area contributed by atoms with Gasteiger partial charge in [0.2, 0.25) is 0 Å². The fraction of sp³-hybridized carbons (Fsp3) is 0.462. The van der Waals surface area contributed by atoms with Crippen LogP contribution in [0, 0.1) is 0 Å². The number of rotatable bonds is 6. The second-order valence-corrected chi connectivity index (χ2v) is 4.51. The van der Waals surface area contributed by atoms with Crippen LogP contribution in [-0.4, -0.2) is 29.8 Å². The molecule has 2 rings (SSSR count). The van der Waals surface area contributed by atoms with Crippen LogP contribution in [0.4, 0.5) is 0 Å². The third kappa shape index (κ3) is 2.83. The quantitative estimate of drug-likeness (QED) is 0.817. The number of nitrogens with zero attached hydrogens (tertiary/aromatic N) is 2. The summed E-state index contributed by atoms with van der Waals surface area (Å²) in [5, 5.41) is 4.06. The van der Waals surface area contributed by atoms with Crippen LogP contribution in [0.1, 0.15) is 12.7 Å². The van der Waals surface area contributed by atoms with Gasteiger partial charge in [-0.3, -0.25) is 0 Å². The van der Waals surface area contributed by atoms with E-state index in [0.717, 1.165) is 41.5 Å². The topological polar surface area (TPSA) is 39.1 Å². The first-order valence-electron chi connectivity index (χ1n) is 6.10. The van der Waals surface area contributed by atoms with E-state index < -0.39 is 0 Å². The van der Waals surface area contributed by atoms with Crippen molar-refractivity contribution in [1.29, 1.82) is 0 Å². The third-order valence-electron chi connectivity index (χ3n) is 2.87. The summed E-state index contributed by atoms with van der Waals surface area (Å²) in [5.74, 6) is 1.03. The molecule has 1 heterocycles. The molecule has 0 saturated heterocycles. The molecule has 0 unspecified atom stereocenters. The van der Waals surface area contributed by atoms with Crippen LogP contribution in [0.25, 0.3) is 11.0 Å². The molecule has 1 aromatic heterocycles. The summed E-state index contributed by atoms with van der Waals surface area (Å²) in [7, 11) is 1.70. The zero-order valence-corrected chi connectivity index (χ0v) is 11.5. The van der Waals surface area contributed by atoms with Crippen LogP contribution < -0.4 is 5.32 Å². The normalized spacial score (nSPS) is 11.3. The van der Waals surface area contributed by atoms with E-state index in [4.69, 9.17) is 16.3 Å². The first-order valence-corrected chi connectivity index (χ1v) is 6.48. The van der Waals surface area contributed by atoms with Crippen LogP contribution in [-0.2, 0) is 17.8 Å². The molecule has 1 aromatic carbocycles. The fourth-order valence-electron chi connectivity index (χ4n) is 2.01. The number of hydrogen-bond acceptors (Lipinski definition) is 3. The van der Waals surface area contributed by atoms with Crippen LogP contribution >= 0.6 is 11.6 Å². The number of ether oxygens (including phenoxy) is 1. The third-order valence-corrected chi connectivity index (χ3v) is 3.11. The molecule has 0 spiro atoms. The molecule has 0 saturated carbocycles. The lowest BCUT2D eigenvalue weighted by Crippen LogP contribution is -2.21. The summed E-state index contributed by atoms with van der Waals surface area (Å²) >= 11 is 6.03. The average molecular weight is 268 g/mol. The maximum atomic E-state index is 6.03. The van der Waals surface area contributed by atoms with E-state index in [-0.39, 0.29) is 0 Å². The molecule has 5 heteroatoms. The molecule has 0 fully saturated rings. The molecular formula is C13H18ClN3O. The van der Waals surface area contributed by atoms with Gasteiger partial charge >= 0.3 is 0 Å². The van der Waals surface area contributed by atoms with Crippen molar-refractivity contribution in [1.82, 2.24) is 14.9 Å². The molecule has 0 amide bonds. The van der Waals surface area contributed by atoms with E-state index >= 15 is 0 Å². The molecule has 4 nitrogen and oxygen atoms in total.